The van der Waals surface area contributed by atoms with Gasteiger partial charge in [0.1, 0.15) is 0 Å². The first kappa shape index (κ1) is 12.6. The summed E-state index contributed by atoms with van der Waals surface area (Å²) in [6.45, 7) is 3.41. The number of rotatable bonds is 3. The largest absolute Gasteiger partial charge is 0.328 e. The molecule has 0 amide bonds. The maximum Gasteiger partial charge on any atom is 0.180 e. The van der Waals surface area contributed by atoms with E-state index in [1.165, 1.54) is 5.56 Å². The van der Waals surface area contributed by atoms with Crippen molar-refractivity contribution in [3.05, 3.63) is 29.8 Å². The highest BCUT2D eigenvalue weighted by Gasteiger charge is 2.27. The standard InChI is InChI=1S/C13H19NO2S/c1-9(2)17(15,16)13-5-3-10(4-6-13)11-7-12(14)8-11/h3-6,9,11-12H,7-8,14H2,1-2H3. The Bertz CT molecular complexity index is 485. The lowest BCUT2D eigenvalue weighted by molar-refractivity contribution is 0.351. The molecule has 0 heterocycles. The monoisotopic (exact) mass is 253 g/mol. The predicted octanol–water partition coefficient (Wildman–Crippen LogP) is 2.07. The third-order valence-corrected chi connectivity index (χ3v) is 5.65. The van der Waals surface area contributed by atoms with Crippen LogP contribution in [0, 0.1) is 0 Å². The fourth-order valence-electron chi connectivity index (χ4n) is 2.14. The molecule has 0 unspecified atom stereocenters. The maximum absolute atomic E-state index is 11.9. The Labute approximate surface area is 103 Å². The average Bonchev–Trinajstić information content (AvgIpc) is 2.25. The van der Waals surface area contributed by atoms with Crippen LogP contribution >= 0.6 is 0 Å². The highest BCUT2D eigenvalue weighted by Crippen LogP contribution is 2.35. The quantitative estimate of drug-likeness (QED) is 0.897. The molecular formula is C13H19NO2S. The van der Waals surface area contributed by atoms with Gasteiger partial charge in [0.15, 0.2) is 9.84 Å². The van der Waals surface area contributed by atoms with Gasteiger partial charge < -0.3 is 5.73 Å². The second-order valence-corrected chi connectivity index (χ2v) is 7.60. The summed E-state index contributed by atoms with van der Waals surface area (Å²) in [6.07, 6.45) is 2.02. The number of hydrogen-bond acceptors (Lipinski definition) is 3. The van der Waals surface area contributed by atoms with E-state index in [2.05, 4.69) is 0 Å². The molecule has 2 rings (SSSR count). The molecule has 0 aromatic heterocycles. The van der Waals surface area contributed by atoms with Gasteiger partial charge in [0.2, 0.25) is 0 Å². The zero-order chi connectivity index (χ0) is 12.6. The van der Waals surface area contributed by atoms with E-state index in [4.69, 9.17) is 5.73 Å². The molecule has 94 valence electrons. The summed E-state index contributed by atoms with van der Waals surface area (Å²) in [5.41, 5.74) is 6.95. The minimum absolute atomic E-state index is 0.319. The number of hydrogen-bond donors (Lipinski definition) is 1. The van der Waals surface area contributed by atoms with Crippen LogP contribution in [-0.2, 0) is 9.84 Å². The fraction of sp³-hybridized carbons (Fsp3) is 0.538. The van der Waals surface area contributed by atoms with Crippen molar-refractivity contribution in [3.8, 4) is 0 Å². The van der Waals surface area contributed by atoms with Crippen LogP contribution < -0.4 is 5.73 Å². The van der Waals surface area contributed by atoms with Gasteiger partial charge in [-0.1, -0.05) is 12.1 Å². The Morgan fingerprint density at radius 3 is 2.12 bits per heavy atom. The average molecular weight is 253 g/mol. The van der Waals surface area contributed by atoms with Crippen molar-refractivity contribution in [2.24, 2.45) is 5.73 Å². The fourth-order valence-corrected chi connectivity index (χ4v) is 3.20. The van der Waals surface area contributed by atoms with Gasteiger partial charge in [-0.2, -0.15) is 0 Å². The molecule has 1 aliphatic rings. The van der Waals surface area contributed by atoms with Crippen LogP contribution in [0.15, 0.2) is 29.2 Å². The summed E-state index contributed by atoms with van der Waals surface area (Å²) in [5, 5.41) is -0.370. The van der Waals surface area contributed by atoms with Gasteiger partial charge in [-0.3, -0.25) is 0 Å². The lowest BCUT2D eigenvalue weighted by Gasteiger charge is -2.32. The van der Waals surface area contributed by atoms with Crippen molar-refractivity contribution in [3.63, 3.8) is 0 Å². The van der Waals surface area contributed by atoms with E-state index in [0.717, 1.165) is 12.8 Å². The van der Waals surface area contributed by atoms with Crippen molar-refractivity contribution in [2.45, 2.75) is 48.8 Å². The van der Waals surface area contributed by atoms with Crippen LogP contribution in [0.3, 0.4) is 0 Å². The van der Waals surface area contributed by atoms with Crippen LogP contribution in [0.4, 0.5) is 0 Å². The molecule has 1 aliphatic carbocycles. The van der Waals surface area contributed by atoms with Crippen LogP contribution in [0.5, 0.6) is 0 Å². The minimum Gasteiger partial charge on any atom is -0.328 e. The topological polar surface area (TPSA) is 60.2 Å². The second kappa shape index (κ2) is 4.42. The van der Waals surface area contributed by atoms with Crippen molar-refractivity contribution < 1.29 is 8.42 Å². The van der Waals surface area contributed by atoms with Gasteiger partial charge >= 0.3 is 0 Å². The Morgan fingerprint density at radius 2 is 1.71 bits per heavy atom. The van der Waals surface area contributed by atoms with E-state index in [-0.39, 0.29) is 5.25 Å². The summed E-state index contributed by atoms with van der Waals surface area (Å²) < 4.78 is 23.9. The molecule has 0 radical (unpaired) electrons. The summed E-state index contributed by atoms with van der Waals surface area (Å²) in [6, 6.07) is 7.60. The summed E-state index contributed by atoms with van der Waals surface area (Å²) in [7, 11) is -3.14. The first-order chi connectivity index (χ1) is 7.91. The molecule has 0 aliphatic heterocycles. The molecule has 1 aromatic rings. The summed E-state index contributed by atoms with van der Waals surface area (Å²) >= 11 is 0. The summed E-state index contributed by atoms with van der Waals surface area (Å²) in [4.78, 5) is 0.417. The van der Waals surface area contributed by atoms with E-state index < -0.39 is 9.84 Å². The van der Waals surface area contributed by atoms with Crippen LogP contribution in [0.25, 0.3) is 0 Å². The van der Waals surface area contributed by atoms with E-state index in [9.17, 15) is 8.42 Å². The third-order valence-electron chi connectivity index (χ3n) is 3.48. The lowest BCUT2D eigenvalue weighted by atomic mass is 9.76. The van der Waals surface area contributed by atoms with Gasteiger partial charge in [0, 0.05) is 6.04 Å². The molecular weight excluding hydrogens is 234 g/mol. The molecule has 4 heteroatoms. The molecule has 1 saturated carbocycles. The highest BCUT2D eigenvalue weighted by molar-refractivity contribution is 7.92. The molecule has 0 bridgehead atoms. The lowest BCUT2D eigenvalue weighted by Crippen LogP contribution is -2.34. The zero-order valence-corrected chi connectivity index (χ0v) is 11.1. The summed E-state index contributed by atoms with van der Waals surface area (Å²) in [5.74, 6) is 0.515. The van der Waals surface area contributed by atoms with E-state index in [1.54, 1.807) is 26.0 Å². The molecule has 2 N–H and O–H groups in total. The third kappa shape index (κ3) is 2.38. The van der Waals surface area contributed by atoms with Gasteiger partial charge in [-0.05, 0) is 50.3 Å². The molecule has 0 atom stereocenters. The second-order valence-electron chi connectivity index (χ2n) is 5.09. The van der Waals surface area contributed by atoms with E-state index >= 15 is 0 Å². The maximum atomic E-state index is 11.9. The van der Waals surface area contributed by atoms with Crippen LogP contribution in [0.2, 0.25) is 0 Å². The van der Waals surface area contributed by atoms with Crippen LogP contribution in [0.1, 0.15) is 38.2 Å². The SMILES string of the molecule is CC(C)S(=O)(=O)c1ccc(C2CC(N)C2)cc1. The Morgan fingerprint density at radius 1 is 1.18 bits per heavy atom. The van der Waals surface area contributed by atoms with Crippen molar-refractivity contribution in [1.29, 1.82) is 0 Å². The molecule has 1 aromatic carbocycles. The molecule has 3 nitrogen and oxygen atoms in total. The van der Waals surface area contributed by atoms with Crippen molar-refractivity contribution in [2.75, 3.05) is 0 Å². The number of sulfone groups is 1. The van der Waals surface area contributed by atoms with Crippen molar-refractivity contribution in [1.82, 2.24) is 0 Å². The predicted molar refractivity (Wildman–Crippen MR) is 68.7 cm³/mol. The van der Waals surface area contributed by atoms with Gasteiger partial charge in [-0.15, -0.1) is 0 Å². The van der Waals surface area contributed by atoms with Gasteiger partial charge in [0.05, 0.1) is 10.1 Å². The molecule has 0 saturated heterocycles. The smallest absolute Gasteiger partial charge is 0.180 e. The molecule has 1 fully saturated rings. The van der Waals surface area contributed by atoms with E-state index in [0.29, 0.717) is 16.9 Å². The first-order valence-electron chi connectivity index (χ1n) is 6.00. The zero-order valence-electron chi connectivity index (χ0n) is 10.3. The Balaban J connectivity index is 2.19. The molecule has 17 heavy (non-hydrogen) atoms. The normalized spacial score (nSPS) is 24.7. The highest BCUT2D eigenvalue weighted by atomic mass is 32.2. The minimum atomic E-state index is -3.14. The Kier molecular flexibility index (Phi) is 3.27. The number of nitrogens with two attached hydrogens (primary N) is 1. The van der Waals surface area contributed by atoms with E-state index in [1.807, 2.05) is 12.1 Å². The first-order valence-corrected chi connectivity index (χ1v) is 7.55. The number of benzene rings is 1. The van der Waals surface area contributed by atoms with Crippen molar-refractivity contribution >= 4 is 9.84 Å². The van der Waals surface area contributed by atoms with Gasteiger partial charge in [0.25, 0.3) is 0 Å². The molecule has 0 spiro atoms. The Hall–Kier alpha value is -0.870. The van der Waals surface area contributed by atoms with Gasteiger partial charge in [-0.25, -0.2) is 8.42 Å². The van der Waals surface area contributed by atoms with Crippen LogP contribution in [-0.4, -0.2) is 19.7 Å².